The summed E-state index contributed by atoms with van der Waals surface area (Å²) in [5.74, 6) is -1.13. The van der Waals surface area contributed by atoms with E-state index >= 15 is 0 Å². The van der Waals surface area contributed by atoms with Gasteiger partial charge in [0.15, 0.2) is 6.10 Å². The van der Waals surface area contributed by atoms with Crippen LogP contribution >= 0.6 is 7.82 Å². The summed E-state index contributed by atoms with van der Waals surface area (Å²) in [4.78, 5) is 35.7. The SMILES string of the molecule is CCCCCC/C=C/C=C/CCCCCCCC(=O)O[C@H](COC(=O)CCCCCCC/C=C/CCCCCCCC)COP(=O)(O)OC1C(O)C(O)C(O)[C@@H](O)C1O. The highest BCUT2D eigenvalue weighted by atomic mass is 31.2. The third-order valence-corrected chi connectivity index (χ3v) is 11.5. The van der Waals surface area contributed by atoms with Crippen molar-refractivity contribution in [3.8, 4) is 0 Å². The van der Waals surface area contributed by atoms with Crippen LogP contribution in [0.25, 0.3) is 0 Å². The van der Waals surface area contributed by atoms with Gasteiger partial charge in [-0.05, 0) is 64.2 Å². The molecular formula is C45H81O13P. The molecule has 0 spiro atoms. The van der Waals surface area contributed by atoms with Gasteiger partial charge >= 0.3 is 19.8 Å². The lowest BCUT2D eigenvalue weighted by Crippen LogP contribution is -2.64. The quantitative estimate of drug-likeness (QED) is 0.0114. The number of ether oxygens (including phenoxy) is 2. The molecule has 0 aromatic heterocycles. The molecule has 1 fully saturated rings. The average molecular weight is 861 g/mol. The number of hydrogen-bond donors (Lipinski definition) is 6. The van der Waals surface area contributed by atoms with Crippen molar-refractivity contribution in [2.75, 3.05) is 13.2 Å². The molecule has 0 heterocycles. The molecule has 1 aliphatic carbocycles. The van der Waals surface area contributed by atoms with E-state index in [1.54, 1.807) is 0 Å². The van der Waals surface area contributed by atoms with Crippen LogP contribution in [0.1, 0.15) is 181 Å². The Labute approximate surface area is 355 Å². The Balaban J connectivity index is 2.49. The molecule has 6 N–H and O–H groups in total. The molecule has 344 valence electrons. The van der Waals surface area contributed by atoms with Gasteiger partial charge in [-0.2, -0.15) is 0 Å². The van der Waals surface area contributed by atoms with E-state index in [1.165, 1.54) is 64.2 Å². The van der Waals surface area contributed by atoms with Crippen LogP contribution in [-0.2, 0) is 32.7 Å². The third-order valence-electron chi connectivity index (χ3n) is 10.5. The molecule has 0 aliphatic heterocycles. The average Bonchev–Trinajstić information content (AvgIpc) is 3.21. The molecule has 1 aliphatic rings. The molecular weight excluding hydrogens is 779 g/mol. The van der Waals surface area contributed by atoms with Gasteiger partial charge in [0, 0.05) is 12.8 Å². The lowest BCUT2D eigenvalue weighted by atomic mass is 9.85. The fourth-order valence-electron chi connectivity index (χ4n) is 6.74. The van der Waals surface area contributed by atoms with Gasteiger partial charge in [0.2, 0.25) is 0 Å². The number of unbranched alkanes of at least 4 members (excludes halogenated alkanes) is 20. The number of phosphoric ester groups is 1. The van der Waals surface area contributed by atoms with E-state index in [9.17, 15) is 44.6 Å². The van der Waals surface area contributed by atoms with Crippen LogP contribution in [-0.4, -0.2) is 98.3 Å². The molecule has 0 saturated heterocycles. The zero-order chi connectivity index (χ0) is 43.6. The topological polar surface area (TPSA) is 210 Å². The summed E-state index contributed by atoms with van der Waals surface area (Å²) in [7, 11) is -5.12. The Hall–Kier alpha value is -1.93. The molecule has 1 saturated carbocycles. The van der Waals surface area contributed by atoms with Crippen molar-refractivity contribution in [3.05, 3.63) is 36.5 Å². The lowest BCUT2D eigenvalue weighted by Gasteiger charge is -2.41. The fourth-order valence-corrected chi connectivity index (χ4v) is 7.72. The first-order valence-corrected chi connectivity index (χ1v) is 24.3. The highest BCUT2D eigenvalue weighted by Crippen LogP contribution is 2.47. The first kappa shape index (κ1) is 55.1. The molecule has 0 aromatic carbocycles. The van der Waals surface area contributed by atoms with Crippen molar-refractivity contribution in [1.82, 2.24) is 0 Å². The Morgan fingerprint density at radius 1 is 0.525 bits per heavy atom. The van der Waals surface area contributed by atoms with Crippen LogP contribution in [0, 0.1) is 0 Å². The minimum absolute atomic E-state index is 0.0775. The summed E-state index contributed by atoms with van der Waals surface area (Å²) < 4.78 is 33.5. The van der Waals surface area contributed by atoms with E-state index in [-0.39, 0.29) is 12.8 Å². The zero-order valence-corrected chi connectivity index (χ0v) is 37.2. The van der Waals surface area contributed by atoms with Crippen LogP contribution in [0.15, 0.2) is 36.5 Å². The van der Waals surface area contributed by atoms with E-state index in [0.717, 1.165) is 77.0 Å². The zero-order valence-electron chi connectivity index (χ0n) is 36.3. The van der Waals surface area contributed by atoms with Gasteiger partial charge in [-0.25, -0.2) is 4.57 Å². The van der Waals surface area contributed by atoms with Gasteiger partial charge in [0.1, 0.15) is 43.2 Å². The van der Waals surface area contributed by atoms with Gasteiger partial charge in [0.05, 0.1) is 6.61 Å². The molecule has 0 radical (unpaired) electrons. The predicted molar refractivity (Wildman–Crippen MR) is 230 cm³/mol. The molecule has 14 heteroatoms. The summed E-state index contributed by atoms with van der Waals surface area (Å²) in [6, 6.07) is 0. The van der Waals surface area contributed by atoms with Crippen LogP contribution in [0.5, 0.6) is 0 Å². The first-order valence-electron chi connectivity index (χ1n) is 22.8. The number of esters is 2. The van der Waals surface area contributed by atoms with E-state index in [1.807, 2.05) is 0 Å². The maximum Gasteiger partial charge on any atom is 0.472 e. The Bertz CT molecular complexity index is 1180. The number of allylic oxidation sites excluding steroid dienone is 6. The number of carbonyl (C=O) groups is 2. The van der Waals surface area contributed by atoms with Crippen LogP contribution in [0.3, 0.4) is 0 Å². The van der Waals surface area contributed by atoms with E-state index < -0.39 is 75.7 Å². The number of aliphatic hydroxyl groups is 5. The molecule has 13 nitrogen and oxygen atoms in total. The maximum atomic E-state index is 12.8. The number of aliphatic hydroxyl groups excluding tert-OH is 5. The van der Waals surface area contributed by atoms with Gasteiger partial charge in [-0.3, -0.25) is 18.6 Å². The van der Waals surface area contributed by atoms with E-state index in [2.05, 4.69) is 50.3 Å². The normalized spacial score (nSPS) is 22.6. The standard InChI is InChI=1S/C45H81O13P/c1-3-5-7-9-11-13-15-17-19-21-23-25-27-29-31-33-38(46)55-35-37(36-56-59(53,54)58-45-43(51)41(49)40(48)42(50)44(45)52)57-39(47)34-32-30-28-26-24-22-20-18-16-14-12-10-8-6-4-2/h14,16-20,37,40-45,48-52H,3-13,15,21-36H2,1-2H3,(H,53,54)/b16-14+,19-17+,20-18+/t37-,40?,41-,42?,43?,44?,45?/m1/s1. The summed E-state index contributed by atoms with van der Waals surface area (Å²) >= 11 is 0. The smallest absolute Gasteiger partial charge is 0.462 e. The lowest BCUT2D eigenvalue weighted by molar-refractivity contribution is -0.220. The minimum atomic E-state index is -5.12. The summed E-state index contributed by atoms with van der Waals surface area (Å²) in [5.41, 5.74) is 0. The monoisotopic (exact) mass is 861 g/mol. The molecule has 1 rings (SSSR count). The minimum Gasteiger partial charge on any atom is -0.462 e. The second-order valence-corrected chi connectivity index (χ2v) is 17.3. The van der Waals surface area contributed by atoms with Crippen molar-refractivity contribution >= 4 is 19.8 Å². The van der Waals surface area contributed by atoms with E-state index in [0.29, 0.717) is 12.8 Å². The Morgan fingerprint density at radius 3 is 1.41 bits per heavy atom. The summed E-state index contributed by atoms with van der Waals surface area (Å²) in [6.07, 6.45) is 26.2. The van der Waals surface area contributed by atoms with Gasteiger partial charge in [-0.1, -0.05) is 140 Å². The number of carbonyl (C=O) groups excluding carboxylic acids is 2. The predicted octanol–water partition coefficient (Wildman–Crippen LogP) is 8.61. The largest absolute Gasteiger partial charge is 0.472 e. The van der Waals surface area contributed by atoms with Crippen LogP contribution in [0.2, 0.25) is 0 Å². The van der Waals surface area contributed by atoms with Crippen LogP contribution in [0.4, 0.5) is 0 Å². The van der Waals surface area contributed by atoms with Gasteiger partial charge in [-0.15, -0.1) is 0 Å². The van der Waals surface area contributed by atoms with Gasteiger partial charge in [0.25, 0.3) is 0 Å². The van der Waals surface area contributed by atoms with Crippen molar-refractivity contribution < 1.29 is 63.1 Å². The van der Waals surface area contributed by atoms with Crippen molar-refractivity contribution in [1.29, 1.82) is 0 Å². The Morgan fingerprint density at radius 2 is 0.915 bits per heavy atom. The number of phosphoric acid groups is 1. The molecule has 8 atom stereocenters. The second-order valence-electron chi connectivity index (χ2n) is 15.9. The third kappa shape index (κ3) is 28.3. The first-order chi connectivity index (χ1) is 28.4. The van der Waals surface area contributed by atoms with Crippen molar-refractivity contribution in [2.45, 2.75) is 224 Å². The highest BCUT2D eigenvalue weighted by molar-refractivity contribution is 7.47. The second kappa shape index (κ2) is 35.6. The number of hydrogen-bond acceptors (Lipinski definition) is 12. The van der Waals surface area contributed by atoms with Gasteiger partial charge < -0.3 is 39.9 Å². The summed E-state index contributed by atoms with van der Waals surface area (Å²) in [6.45, 7) is 3.25. The van der Waals surface area contributed by atoms with Crippen molar-refractivity contribution in [3.63, 3.8) is 0 Å². The molecule has 59 heavy (non-hydrogen) atoms. The molecule has 0 amide bonds. The fraction of sp³-hybridized carbons (Fsp3) is 0.822. The van der Waals surface area contributed by atoms with E-state index in [4.69, 9.17) is 18.5 Å². The molecule has 6 unspecified atom stereocenters. The highest BCUT2D eigenvalue weighted by Gasteiger charge is 2.51. The van der Waals surface area contributed by atoms with Crippen LogP contribution < -0.4 is 0 Å². The van der Waals surface area contributed by atoms with Crippen molar-refractivity contribution in [2.24, 2.45) is 0 Å². The Kier molecular flexibility index (Phi) is 33.3. The molecule has 0 aromatic rings. The summed E-state index contributed by atoms with van der Waals surface area (Å²) in [5, 5.41) is 50.1. The number of rotatable bonds is 37. The molecule has 0 bridgehead atoms. The maximum absolute atomic E-state index is 12.8.